The largest absolute Gasteiger partial charge is 0.350 e. The maximum Gasteiger partial charge on any atom is 0.251 e. The number of hydrogen-bond donors (Lipinski definition) is 2. The van der Waals surface area contributed by atoms with Gasteiger partial charge in [0.1, 0.15) is 5.82 Å². The molecule has 2 atom stereocenters. The van der Waals surface area contributed by atoms with Crippen molar-refractivity contribution in [1.82, 2.24) is 10.6 Å². The van der Waals surface area contributed by atoms with Crippen molar-refractivity contribution in [2.75, 3.05) is 0 Å². The molecule has 5 heteroatoms. The highest BCUT2D eigenvalue weighted by Gasteiger charge is 2.15. The lowest BCUT2D eigenvalue weighted by atomic mass is 10.1. The Morgan fingerprint density at radius 1 is 0.958 bits per heavy atom. The van der Waals surface area contributed by atoms with E-state index in [1.165, 1.54) is 12.1 Å². The van der Waals surface area contributed by atoms with Gasteiger partial charge in [-0.05, 0) is 43.7 Å². The topological polar surface area (TPSA) is 58.2 Å². The van der Waals surface area contributed by atoms with Crippen LogP contribution in [0.5, 0.6) is 0 Å². The van der Waals surface area contributed by atoms with Gasteiger partial charge in [0.25, 0.3) is 5.91 Å². The second-order valence-corrected chi connectivity index (χ2v) is 5.79. The third kappa shape index (κ3) is 5.19. The van der Waals surface area contributed by atoms with E-state index in [4.69, 9.17) is 0 Å². The first-order chi connectivity index (χ1) is 11.5. The van der Waals surface area contributed by atoms with E-state index in [-0.39, 0.29) is 36.1 Å². The lowest BCUT2D eigenvalue weighted by Crippen LogP contribution is -2.37. The van der Waals surface area contributed by atoms with Gasteiger partial charge < -0.3 is 10.6 Å². The van der Waals surface area contributed by atoms with Gasteiger partial charge in [-0.15, -0.1) is 0 Å². The molecule has 0 saturated carbocycles. The number of rotatable bonds is 6. The van der Waals surface area contributed by atoms with E-state index in [0.29, 0.717) is 5.56 Å². The zero-order valence-electron chi connectivity index (χ0n) is 13.8. The monoisotopic (exact) mass is 328 g/mol. The van der Waals surface area contributed by atoms with Crippen LogP contribution in [-0.4, -0.2) is 17.9 Å². The summed E-state index contributed by atoms with van der Waals surface area (Å²) < 4.78 is 12.9. The predicted octanol–water partition coefficient (Wildman–Crippen LogP) is 3.21. The molecule has 2 unspecified atom stereocenters. The smallest absolute Gasteiger partial charge is 0.251 e. The maximum atomic E-state index is 12.9. The van der Waals surface area contributed by atoms with Crippen LogP contribution >= 0.6 is 0 Å². The van der Waals surface area contributed by atoms with Crippen molar-refractivity contribution in [1.29, 1.82) is 0 Å². The number of hydrogen-bond acceptors (Lipinski definition) is 2. The molecule has 24 heavy (non-hydrogen) atoms. The Morgan fingerprint density at radius 2 is 1.58 bits per heavy atom. The van der Waals surface area contributed by atoms with Crippen LogP contribution in [0.15, 0.2) is 54.6 Å². The average molecular weight is 328 g/mol. The van der Waals surface area contributed by atoms with Gasteiger partial charge in [0.2, 0.25) is 5.91 Å². The molecule has 0 spiro atoms. The SMILES string of the molecule is CC(CC(=O)NC(C)c1ccc(F)cc1)NC(=O)c1ccccc1. The van der Waals surface area contributed by atoms with E-state index in [1.54, 1.807) is 43.3 Å². The molecule has 126 valence electrons. The summed E-state index contributed by atoms with van der Waals surface area (Å²) in [6.07, 6.45) is 0.171. The number of benzene rings is 2. The lowest BCUT2D eigenvalue weighted by Gasteiger charge is -2.17. The van der Waals surface area contributed by atoms with E-state index < -0.39 is 0 Å². The van der Waals surface area contributed by atoms with Crippen LogP contribution in [0.3, 0.4) is 0 Å². The van der Waals surface area contributed by atoms with Crippen LogP contribution in [0.4, 0.5) is 4.39 Å². The first kappa shape index (κ1) is 17.7. The summed E-state index contributed by atoms with van der Waals surface area (Å²) in [4.78, 5) is 24.1. The minimum atomic E-state index is -0.311. The number of amides is 2. The Balaban J connectivity index is 1.83. The molecule has 0 heterocycles. The summed E-state index contributed by atoms with van der Waals surface area (Å²) in [6.45, 7) is 3.61. The molecule has 2 rings (SSSR count). The van der Waals surface area contributed by atoms with Crippen molar-refractivity contribution in [3.8, 4) is 0 Å². The summed E-state index contributed by atoms with van der Waals surface area (Å²) in [7, 11) is 0. The molecule has 4 nitrogen and oxygen atoms in total. The Labute approximate surface area is 141 Å². The minimum Gasteiger partial charge on any atom is -0.350 e. The highest BCUT2D eigenvalue weighted by atomic mass is 19.1. The molecule has 0 aliphatic heterocycles. The molecule has 2 aromatic rings. The molecule has 0 aliphatic carbocycles. The van der Waals surface area contributed by atoms with Crippen molar-refractivity contribution in [2.24, 2.45) is 0 Å². The average Bonchev–Trinajstić information content (AvgIpc) is 2.55. The number of halogens is 1. The van der Waals surface area contributed by atoms with Gasteiger partial charge in [0.15, 0.2) is 0 Å². The second kappa shape index (κ2) is 8.24. The predicted molar refractivity (Wildman–Crippen MR) is 90.9 cm³/mol. The molecule has 0 saturated heterocycles. The standard InChI is InChI=1S/C19H21FN2O2/c1-13(21-19(24)16-6-4-3-5-7-16)12-18(23)22-14(2)15-8-10-17(20)11-9-15/h3-11,13-14H,12H2,1-2H3,(H,21,24)(H,22,23). The van der Waals surface area contributed by atoms with E-state index in [2.05, 4.69) is 10.6 Å². The summed E-state index contributed by atoms with van der Waals surface area (Å²) in [5.74, 6) is -0.690. The van der Waals surface area contributed by atoms with Crippen molar-refractivity contribution < 1.29 is 14.0 Å². The molecular formula is C19H21FN2O2. The van der Waals surface area contributed by atoms with Gasteiger partial charge in [0.05, 0.1) is 6.04 Å². The Bertz CT molecular complexity index is 686. The summed E-state index contributed by atoms with van der Waals surface area (Å²) in [6, 6.07) is 14.3. The van der Waals surface area contributed by atoms with Crippen molar-refractivity contribution >= 4 is 11.8 Å². The third-order valence-corrected chi connectivity index (χ3v) is 3.65. The van der Waals surface area contributed by atoms with E-state index in [1.807, 2.05) is 13.0 Å². The van der Waals surface area contributed by atoms with Crippen LogP contribution in [0.1, 0.15) is 42.2 Å². The van der Waals surface area contributed by atoms with E-state index in [0.717, 1.165) is 5.56 Å². The number of carbonyl (C=O) groups excluding carboxylic acids is 2. The van der Waals surface area contributed by atoms with Crippen LogP contribution in [0.2, 0.25) is 0 Å². The van der Waals surface area contributed by atoms with Gasteiger partial charge in [-0.3, -0.25) is 9.59 Å². The number of nitrogens with one attached hydrogen (secondary N) is 2. The van der Waals surface area contributed by atoms with Crippen molar-refractivity contribution in [3.05, 3.63) is 71.5 Å². The zero-order valence-corrected chi connectivity index (χ0v) is 13.8. The fourth-order valence-corrected chi connectivity index (χ4v) is 2.36. The van der Waals surface area contributed by atoms with Gasteiger partial charge in [-0.2, -0.15) is 0 Å². The summed E-state index contributed by atoms with van der Waals surface area (Å²) in [5.41, 5.74) is 1.38. The van der Waals surface area contributed by atoms with Crippen molar-refractivity contribution in [3.63, 3.8) is 0 Å². The van der Waals surface area contributed by atoms with Crippen LogP contribution in [0.25, 0.3) is 0 Å². The Hall–Kier alpha value is -2.69. The molecule has 2 N–H and O–H groups in total. The first-order valence-corrected chi connectivity index (χ1v) is 7.86. The quantitative estimate of drug-likeness (QED) is 0.855. The molecule has 0 aliphatic rings. The van der Waals surface area contributed by atoms with Crippen LogP contribution in [0, 0.1) is 5.82 Å². The first-order valence-electron chi connectivity index (χ1n) is 7.86. The van der Waals surface area contributed by atoms with Gasteiger partial charge in [-0.1, -0.05) is 30.3 Å². The summed E-state index contributed by atoms with van der Waals surface area (Å²) >= 11 is 0. The highest BCUT2D eigenvalue weighted by molar-refractivity contribution is 5.94. The summed E-state index contributed by atoms with van der Waals surface area (Å²) in [5, 5.41) is 5.65. The van der Waals surface area contributed by atoms with Crippen LogP contribution in [-0.2, 0) is 4.79 Å². The molecule has 2 amide bonds. The molecule has 0 radical (unpaired) electrons. The minimum absolute atomic E-state index is 0.171. The Morgan fingerprint density at radius 3 is 2.21 bits per heavy atom. The van der Waals surface area contributed by atoms with E-state index >= 15 is 0 Å². The molecule has 0 aromatic heterocycles. The molecule has 0 bridgehead atoms. The zero-order chi connectivity index (χ0) is 17.5. The fraction of sp³-hybridized carbons (Fsp3) is 0.263. The van der Waals surface area contributed by atoms with Gasteiger partial charge in [-0.25, -0.2) is 4.39 Å². The lowest BCUT2D eigenvalue weighted by molar-refractivity contribution is -0.122. The third-order valence-electron chi connectivity index (χ3n) is 3.65. The fourth-order valence-electron chi connectivity index (χ4n) is 2.36. The van der Waals surface area contributed by atoms with Gasteiger partial charge >= 0.3 is 0 Å². The highest BCUT2D eigenvalue weighted by Crippen LogP contribution is 2.13. The van der Waals surface area contributed by atoms with E-state index in [9.17, 15) is 14.0 Å². The normalized spacial score (nSPS) is 13.0. The Kier molecular flexibility index (Phi) is 6.07. The molecular weight excluding hydrogens is 307 g/mol. The van der Waals surface area contributed by atoms with Gasteiger partial charge in [0, 0.05) is 18.0 Å². The second-order valence-electron chi connectivity index (χ2n) is 5.79. The van der Waals surface area contributed by atoms with Crippen molar-refractivity contribution in [2.45, 2.75) is 32.4 Å². The molecule has 2 aromatic carbocycles. The van der Waals surface area contributed by atoms with Crippen LogP contribution < -0.4 is 10.6 Å². The molecule has 0 fully saturated rings. The number of carbonyl (C=O) groups is 2. The maximum absolute atomic E-state index is 12.9.